The predicted molar refractivity (Wildman–Crippen MR) is 97.1 cm³/mol. The Labute approximate surface area is 142 Å². The van der Waals surface area contributed by atoms with Crippen LogP contribution in [0.2, 0.25) is 0 Å². The summed E-state index contributed by atoms with van der Waals surface area (Å²) in [5.74, 6) is 1.05. The number of rotatable bonds is 5. The van der Waals surface area contributed by atoms with Gasteiger partial charge in [0.1, 0.15) is 5.82 Å². The normalized spacial score (nSPS) is 10.9. The maximum absolute atomic E-state index is 9.37. The number of nitrogens with one attached hydrogen (secondary N) is 1. The van der Waals surface area contributed by atoms with Crippen LogP contribution in [0.5, 0.6) is 0 Å². The number of hydrogen-bond acceptors (Lipinski definition) is 3. The van der Waals surface area contributed by atoms with Gasteiger partial charge in [0, 0.05) is 13.0 Å². The summed E-state index contributed by atoms with van der Waals surface area (Å²) < 4.78 is 2.25. The molecule has 122 valence electrons. The van der Waals surface area contributed by atoms with Crippen molar-refractivity contribution in [2.45, 2.75) is 26.8 Å². The van der Waals surface area contributed by atoms with Crippen LogP contribution in [0.15, 0.2) is 36.4 Å². The van der Waals surface area contributed by atoms with Crippen LogP contribution in [-0.2, 0) is 13.0 Å². The standard InChI is InChI=1S/C20H22N4/c1-14-10-18-19(11-15(14)2)24(20(23-18)8-9-22-3)13-17-7-5-4-6-16(17)12-21/h4-7,10-11,22H,8-9,13H2,1-3H3. The first-order chi connectivity index (χ1) is 11.6. The highest BCUT2D eigenvalue weighted by Gasteiger charge is 2.13. The number of nitriles is 1. The van der Waals surface area contributed by atoms with Crippen LogP contribution in [0, 0.1) is 25.2 Å². The molecule has 1 aromatic heterocycles. The number of aromatic nitrogens is 2. The highest BCUT2D eigenvalue weighted by molar-refractivity contribution is 5.78. The average molecular weight is 318 g/mol. The topological polar surface area (TPSA) is 53.6 Å². The lowest BCUT2D eigenvalue weighted by Gasteiger charge is -2.11. The van der Waals surface area contributed by atoms with E-state index in [4.69, 9.17) is 4.98 Å². The molecule has 0 saturated carbocycles. The highest BCUT2D eigenvalue weighted by atomic mass is 15.1. The maximum atomic E-state index is 9.37. The molecule has 0 saturated heterocycles. The summed E-state index contributed by atoms with van der Waals surface area (Å²) in [5, 5.41) is 12.6. The second-order valence-electron chi connectivity index (χ2n) is 6.16. The Morgan fingerprint density at radius 3 is 2.67 bits per heavy atom. The Morgan fingerprint density at radius 2 is 1.92 bits per heavy atom. The van der Waals surface area contributed by atoms with Crippen LogP contribution >= 0.6 is 0 Å². The summed E-state index contributed by atoms with van der Waals surface area (Å²) in [6.07, 6.45) is 0.859. The fourth-order valence-electron chi connectivity index (χ4n) is 2.97. The second-order valence-corrected chi connectivity index (χ2v) is 6.16. The lowest BCUT2D eigenvalue weighted by Crippen LogP contribution is -2.15. The molecule has 4 heteroatoms. The Balaban J connectivity index is 2.13. The lowest BCUT2D eigenvalue weighted by atomic mass is 10.1. The molecular formula is C20H22N4. The van der Waals surface area contributed by atoms with Gasteiger partial charge in [0.15, 0.2) is 0 Å². The van der Waals surface area contributed by atoms with Crippen LogP contribution < -0.4 is 5.32 Å². The van der Waals surface area contributed by atoms with E-state index in [2.05, 4.69) is 41.9 Å². The molecule has 0 aliphatic rings. The van der Waals surface area contributed by atoms with Crippen LogP contribution in [0.3, 0.4) is 0 Å². The number of likely N-dealkylation sites (N-methyl/N-ethyl adjacent to an activating group) is 1. The van der Waals surface area contributed by atoms with Crippen molar-refractivity contribution < 1.29 is 0 Å². The number of imidazole rings is 1. The molecule has 0 spiro atoms. The molecule has 1 heterocycles. The predicted octanol–water partition coefficient (Wildman–Crippen LogP) is 3.34. The van der Waals surface area contributed by atoms with Gasteiger partial charge in [-0.3, -0.25) is 0 Å². The smallest absolute Gasteiger partial charge is 0.111 e. The Bertz CT molecular complexity index is 915. The minimum atomic E-state index is 0.668. The van der Waals surface area contributed by atoms with E-state index in [0.717, 1.165) is 41.0 Å². The molecule has 4 nitrogen and oxygen atoms in total. The Morgan fingerprint density at radius 1 is 1.17 bits per heavy atom. The first-order valence-electron chi connectivity index (χ1n) is 8.23. The SMILES string of the molecule is CNCCc1nc2cc(C)c(C)cc2n1Cc1ccccc1C#N. The van der Waals surface area contributed by atoms with E-state index in [0.29, 0.717) is 6.54 Å². The van der Waals surface area contributed by atoms with Crippen molar-refractivity contribution in [2.75, 3.05) is 13.6 Å². The summed E-state index contributed by atoms with van der Waals surface area (Å²) in [4.78, 5) is 4.84. The molecule has 0 aliphatic carbocycles. The first kappa shape index (κ1) is 16.2. The zero-order valence-corrected chi connectivity index (χ0v) is 14.4. The van der Waals surface area contributed by atoms with E-state index in [9.17, 15) is 5.26 Å². The van der Waals surface area contributed by atoms with Crippen molar-refractivity contribution in [3.05, 3.63) is 64.5 Å². The van der Waals surface area contributed by atoms with Gasteiger partial charge in [-0.2, -0.15) is 5.26 Å². The van der Waals surface area contributed by atoms with Crippen molar-refractivity contribution in [3.63, 3.8) is 0 Å². The van der Waals surface area contributed by atoms with Gasteiger partial charge in [0.25, 0.3) is 0 Å². The molecule has 0 amide bonds. The van der Waals surface area contributed by atoms with E-state index < -0.39 is 0 Å². The van der Waals surface area contributed by atoms with Gasteiger partial charge in [0.05, 0.1) is 29.2 Å². The summed E-state index contributed by atoms with van der Waals surface area (Å²) in [6, 6.07) is 14.4. The van der Waals surface area contributed by atoms with Crippen molar-refractivity contribution in [3.8, 4) is 6.07 Å². The maximum Gasteiger partial charge on any atom is 0.111 e. The largest absolute Gasteiger partial charge is 0.323 e. The molecule has 0 unspecified atom stereocenters. The van der Waals surface area contributed by atoms with Crippen LogP contribution in [0.1, 0.15) is 28.1 Å². The van der Waals surface area contributed by atoms with Crippen LogP contribution in [0.25, 0.3) is 11.0 Å². The molecular weight excluding hydrogens is 296 g/mol. The number of aryl methyl sites for hydroxylation is 2. The van der Waals surface area contributed by atoms with Gasteiger partial charge in [-0.1, -0.05) is 18.2 Å². The number of nitrogens with zero attached hydrogens (tertiary/aromatic N) is 3. The molecule has 1 N–H and O–H groups in total. The Kier molecular flexibility index (Phi) is 4.64. The first-order valence-corrected chi connectivity index (χ1v) is 8.23. The van der Waals surface area contributed by atoms with E-state index >= 15 is 0 Å². The lowest BCUT2D eigenvalue weighted by molar-refractivity contribution is 0.695. The monoisotopic (exact) mass is 318 g/mol. The van der Waals surface area contributed by atoms with Crippen molar-refractivity contribution >= 4 is 11.0 Å². The van der Waals surface area contributed by atoms with Crippen LogP contribution in [-0.4, -0.2) is 23.1 Å². The minimum Gasteiger partial charge on any atom is -0.323 e. The third-order valence-corrected chi connectivity index (χ3v) is 4.51. The molecule has 3 rings (SSSR count). The second kappa shape index (κ2) is 6.86. The molecule has 0 fully saturated rings. The molecule has 24 heavy (non-hydrogen) atoms. The van der Waals surface area contributed by atoms with Crippen LogP contribution in [0.4, 0.5) is 0 Å². The summed E-state index contributed by atoms with van der Waals surface area (Å²) >= 11 is 0. The fourth-order valence-corrected chi connectivity index (χ4v) is 2.97. The third kappa shape index (κ3) is 3.04. The highest BCUT2D eigenvalue weighted by Crippen LogP contribution is 2.23. The molecule has 0 aliphatic heterocycles. The third-order valence-electron chi connectivity index (χ3n) is 4.51. The molecule has 0 atom stereocenters. The Hall–Kier alpha value is -2.64. The molecule has 2 aromatic carbocycles. The fraction of sp³-hybridized carbons (Fsp3) is 0.300. The van der Waals surface area contributed by atoms with E-state index in [1.165, 1.54) is 11.1 Å². The summed E-state index contributed by atoms with van der Waals surface area (Å²) in [5.41, 5.74) is 6.43. The molecule has 0 radical (unpaired) electrons. The zero-order chi connectivity index (χ0) is 17.1. The van der Waals surface area contributed by atoms with Gasteiger partial charge in [-0.05, 0) is 55.8 Å². The number of fused-ring (bicyclic) bond motifs is 1. The van der Waals surface area contributed by atoms with E-state index in [-0.39, 0.29) is 0 Å². The zero-order valence-electron chi connectivity index (χ0n) is 14.4. The average Bonchev–Trinajstić information content (AvgIpc) is 2.91. The van der Waals surface area contributed by atoms with Gasteiger partial charge >= 0.3 is 0 Å². The van der Waals surface area contributed by atoms with Crippen molar-refractivity contribution in [1.82, 2.24) is 14.9 Å². The van der Waals surface area contributed by atoms with Crippen molar-refractivity contribution in [2.24, 2.45) is 0 Å². The quantitative estimate of drug-likeness (QED) is 0.785. The summed E-state index contributed by atoms with van der Waals surface area (Å²) in [6.45, 7) is 5.79. The van der Waals surface area contributed by atoms with Gasteiger partial charge in [-0.25, -0.2) is 4.98 Å². The summed E-state index contributed by atoms with van der Waals surface area (Å²) in [7, 11) is 1.95. The molecule has 0 bridgehead atoms. The van der Waals surface area contributed by atoms with E-state index in [1.54, 1.807) is 0 Å². The van der Waals surface area contributed by atoms with E-state index in [1.807, 2.05) is 31.3 Å². The number of hydrogen-bond donors (Lipinski definition) is 1. The van der Waals surface area contributed by atoms with Gasteiger partial charge in [0.2, 0.25) is 0 Å². The minimum absolute atomic E-state index is 0.668. The van der Waals surface area contributed by atoms with Crippen molar-refractivity contribution in [1.29, 1.82) is 5.26 Å². The molecule has 3 aromatic rings. The number of benzene rings is 2. The van der Waals surface area contributed by atoms with Gasteiger partial charge < -0.3 is 9.88 Å². The van der Waals surface area contributed by atoms with Gasteiger partial charge in [-0.15, -0.1) is 0 Å².